The van der Waals surface area contributed by atoms with Crippen LogP contribution in [0.25, 0.3) is 0 Å². The van der Waals surface area contributed by atoms with Gasteiger partial charge in [0.05, 0.1) is 12.5 Å². The molecule has 0 bridgehead atoms. The molecule has 0 aliphatic carbocycles. The van der Waals surface area contributed by atoms with Gasteiger partial charge in [0.2, 0.25) is 0 Å². The number of aryl methyl sites for hydroxylation is 1. The lowest BCUT2D eigenvalue weighted by Gasteiger charge is -2.26. The number of halogens is 1. The van der Waals surface area contributed by atoms with Gasteiger partial charge in [-0.1, -0.05) is 76.1 Å². The van der Waals surface area contributed by atoms with Gasteiger partial charge in [-0.05, 0) is 36.8 Å². The van der Waals surface area contributed by atoms with Crippen LogP contribution in [0.3, 0.4) is 0 Å². The molecule has 0 fully saturated rings. The molecule has 4 rings (SSSR count). The third-order valence-corrected chi connectivity index (χ3v) is 7.02. The second-order valence-electron chi connectivity index (χ2n) is 7.36. The highest BCUT2D eigenvalue weighted by atomic mass is 79.9. The molecule has 156 valence electrons. The van der Waals surface area contributed by atoms with Crippen molar-refractivity contribution in [3.63, 3.8) is 0 Å². The van der Waals surface area contributed by atoms with E-state index in [4.69, 9.17) is 0 Å². The van der Waals surface area contributed by atoms with E-state index in [1.54, 1.807) is 22.8 Å². The zero-order valence-electron chi connectivity index (χ0n) is 17.1. The molecule has 31 heavy (non-hydrogen) atoms. The van der Waals surface area contributed by atoms with Crippen LogP contribution in [0.2, 0.25) is 0 Å². The van der Waals surface area contributed by atoms with E-state index in [0.717, 1.165) is 14.9 Å². The maximum absolute atomic E-state index is 13.8. The van der Waals surface area contributed by atoms with Crippen molar-refractivity contribution in [1.29, 1.82) is 0 Å². The number of thioether (sulfide) groups is 1. The summed E-state index contributed by atoms with van der Waals surface area (Å²) >= 11 is 5.17. The predicted octanol–water partition coefficient (Wildman–Crippen LogP) is 6.38. The van der Waals surface area contributed by atoms with Crippen LogP contribution in [0.5, 0.6) is 0 Å². The standard InChI is InChI=1S/C25H22BrN3OS/c1-18-7-13-22(14-8-18)31-25(20-5-3-2-4-6-20)23(15-29-17-27-16-28-29)24(30)19-9-11-21(26)12-10-19/h2-14,16-17,23,25H,15H2,1H3. The quantitative estimate of drug-likeness (QED) is 0.212. The Labute approximate surface area is 194 Å². The third kappa shape index (κ3) is 5.51. The minimum Gasteiger partial charge on any atom is -0.294 e. The molecule has 3 aromatic carbocycles. The third-order valence-electron chi connectivity index (χ3n) is 5.09. The van der Waals surface area contributed by atoms with E-state index in [-0.39, 0.29) is 17.0 Å². The Hall–Kier alpha value is -2.70. The molecule has 4 aromatic rings. The average Bonchev–Trinajstić information content (AvgIpc) is 3.31. The van der Waals surface area contributed by atoms with Crippen molar-refractivity contribution in [2.24, 2.45) is 5.92 Å². The molecule has 0 aliphatic heterocycles. The summed E-state index contributed by atoms with van der Waals surface area (Å²) in [6, 6.07) is 26.2. The Morgan fingerprint density at radius 3 is 2.35 bits per heavy atom. The molecular weight excluding hydrogens is 470 g/mol. The molecule has 2 atom stereocenters. The highest BCUT2D eigenvalue weighted by Crippen LogP contribution is 2.42. The zero-order valence-corrected chi connectivity index (χ0v) is 19.5. The molecule has 0 saturated carbocycles. The molecule has 0 N–H and O–H groups in total. The van der Waals surface area contributed by atoms with Gasteiger partial charge >= 0.3 is 0 Å². The van der Waals surface area contributed by atoms with Crippen LogP contribution in [0.15, 0.2) is 101 Å². The van der Waals surface area contributed by atoms with Gasteiger partial charge in [0, 0.05) is 20.2 Å². The Morgan fingerprint density at radius 1 is 1.00 bits per heavy atom. The number of ketones is 1. The van der Waals surface area contributed by atoms with E-state index in [1.807, 2.05) is 42.5 Å². The predicted molar refractivity (Wildman–Crippen MR) is 128 cm³/mol. The molecular formula is C25H22BrN3OS. The van der Waals surface area contributed by atoms with Gasteiger partial charge < -0.3 is 0 Å². The van der Waals surface area contributed by atoms with Gasteiger partial charge in [-0.25, -0.2) is 4.98 Å². The maximum Gasteiger partial charge on any atom is 0.169 e. The summed E-state index contributed by atoms with van der Waals surface area (Å²) in [6.07, 6.45) is 3.17. The van der Waals surface area contributed by atoms with E-state index < -0.39 is 0 Å². The fourth-order valence-electron chi connectivity index (χ4n) is 3.46. The summed E-state index contributed by atoms with van der Waals surface area (Å²) < 4.78 is 2.69. The average molecular weight is 492 g/mol. The summed E-state index contributed by atoms with van der Waals surface area (Å²) in [5.41, 5.74) is 3.02. The zero-order chi connectivity index (χ0) is 21.6. The van der Waals surface area contributed by atoms with Crippen LogP contribution in [-0.4, -0.2) is 20.5 Å². The summed E-state index contributed by atoms with van der Waals surface area (Å²) in [6.45, 7) is 2.53. The Kier molecular flexibility index (Phi) is 6.99. The molecule has 0 saturated heterocycles. The number of aromatic nitrogens is 3. The number of hydrogen-bond donors (Lipinski definition) is 0. The minimum atomic E-state index is -0.323. The lowest BCUT2D eigenvalue weighted by Crippen LogP contribution is -2.26. The van der Waals surface area contributed by atoms with Gasteiger partial charge in [0.25, 0.3) is 0 Å². The summed E-state index contributed by atoms with van der Waals surface area (Å²) in [4.78, 5) is 19.0. The first-order valence-corrected chi connectivity index (χ1v) is 11.7. The molecule has 0 radical (unpaired) electrons. The van der Waals surface area contributed by atoms with Crippen molar-refractivity contribution in [3.05, 3.63) is 113 Å². The Bertz CT molecular complexity index is 1110. The molecule has 6 heteroatoms. The number of hydrogen-bond acceptors (Lipinski definition) is 4. The van der Waals surface area contributed by atoms with Crippen molar-refractivity contribution in [2.75, 3.05) is 0 Å². The van der Waals surface area contributed by atoms with E-state index in [2.05, 4.69) is 69.3 Å². The van der Waals surface area contributed by atoms with Crippen LogP contribution in [0.4, 0.5) is 0 Å². The van der Waals surface area contributed by atoms with Crippen molar-refractivity contribution in [1.82, 2.24) is 14.8 Å². The molecule has 4 nitrogen and oxygen atoms in total. The summed E-state index contributed by atoms with van der Waals surface area (Å²) in [7, 11) is 0. The molecule has 0 spiro atoms. The van der Waals surface area contributed by atoms with Gasteiger partial charge in [-0.15, -0.1) is 11.8 Å². The Balaban J connectivity index is 1.75. The molecule has 2 unspecified atom stereocenters. The van der Waals surface area contributed by atoms with Crippen molar-refractivity contribution in [2.45, 2.75) is 23.6 Å². The monoisotopic (exact) mass is 491 g/mol. The van der Waals surface area contributed by atoms with Crippen LogP contribution in [-0.2, 0) is 6.54 Å². The lowest BCUT2D eigenvalue weighted by atomic mass is 9.90. The van der Waals surface area contributed by atoms with Crippen molar-refractivity contribution in [3.8, 4) is 0 Å². The second kappa shape index (κ2) is 10.1. The number of rotatable bonds is 8. The first-order chi connectivity index (χ1) is 15.1. The highest BCUT2D eigenvalue weighted by Gasteiger charge is 2.32. The molecule has 1 aromatic heterocycles. The van der Waals surface area contributed by atoms with Crippen molar-refractivity contribution < 1.29 is 4.79 Å². The van der Waals surface area contributed by atoms with Gasteiger partial charge in [-0.2, -0.15) is 5.10 Å². The first-order valence-electron chi connectivity index (χ1n) is 10.0. The smallest absolute Gasteiger partial charge is 0.169 e. The number of carbonyl (C=O) groups excluding carboxylic acids is 1. The fourth-order valence-corrected chi connectivity index (χ4v) is 4.98. The van der Waals surface area contributed by atoms with Crippen LogP contribution >= 0.6 is 27.7 Å². The van der Waals surface area contributed by atoms with E-state index in [1.165, 1.54) is 11.9 Å². The normalized spacial score (nSPS) is 13.0. The highest BCUT2D eigenvalue weighted by molar-refractivity contribution is 9.10. The van der Waals surface area contributed by atoms with Gasteiger partial charge in [0.1, 0.15) is 12.7 Å². The van der Waals surface area contributed by atoms with Crippen LogP contribution < -0.4 is 0 Å². The number of benzene rings is 3. The van der Waals surface area contributed by atoms with E-state index in [9.17, 15) is 4.79 Å². The van der Waals surface area contributed by atoms with Crippen molar-refractivity contribution >= 4 is 33.5 Å². The molecule has 1 heterocycles. The van der Waals surface area contributed by atoms with Gasteiger partial charge in [-0.3, -0.25) is 9.48 Å². The second-order valence-corrected chi connectivity index (χ2v) is 9.49. The number of nitrogens with zero attached hydrogens (tertiary/aromatic N) is 3. The van der Waals surface area contributed by atoms with Gasteiger partial charge in [0.15, 0.2) is 5.78 Å². The first kappa shape index (κ1) is 21.5. The Morgan fingerprint density at radius 2 is 1.71 bits per heavy atom. The number of carbonyl (C=O) groups is 1. The van der Waals surface area contributed by atoms with E-state index in [0.29, 0.717) is 12.1 Å². The minimum absolute atomic E-state index is 0.0794. The molecule has 0 aliphatic rings. The topological polar surface area (TPSA) is 47.8 Å². The van der Waals surface area contributed by atoms with Crippen LogP contribution in [0.1, 0.15) is 26.7 Å². The SMILES string of the molecule is Cc1ccc(SC(c2ccccc2)C(Cn2cncn2)C(=O)c2ccc(Br)cc2)cc1. The molecule has 0 amide bonds. The largest absolute Gasteiger partial charge is 0.294 e. The summed E-state index contributed by atoms with van der Waals surface area (Å²) in [5, 5.41) is 4.20. The fraction of sp³-hybridized carbons (Fsp3) is 0.160. The maximum atomic E-state index is 13.8. The lowest BCUT2D eigenvalue weighted by molar-refractivity contribution is 0.0901. The number of Topliss-reactive ketones (excluding diaryl/α,β-unsaturated/α-hetero) is 1. The van der Waals surface area contributed by atoms with Crippen LogP contribution in [0, 0.1) is 12.8 Å². The van der Waals surface area contributed by atoms with E-state index >= 15 is 0 Å². The summed E-state index contributed by atoms with van der Waals surface area (Å²) in [5.74, 6) is -0.229.